The van der Waals surface area contributed by atoms with Gasteiger partial charge in [0.15, 0.2) is 0 Å². The number of nitrogens with zero attached hydrogens (tertiary/aromatic N) is 4. The van der Waals surface area contributed by atoms with Crippen LogP contribution in [-0.2, 0) is 25.5 Å². The van der Waals surface area contributed by atoms with Gasteiger partial charge in [0.25, 0.3) is 11.8 Å². The summed E-state index contributed by atoms with van der Waals surface area (Å²) in [6, 6.07) is 5.51. The highest BCUT2D eigenvalue weighted by atomic mass is 19.1. The molecule has 0 bridgehead atoms. The minimum atomic E-state index is -0.973. The van der Waals surface area contributed by atoms with Crippen LogP contribution in [0.2, 0.25) is 0 Å². The van der Waals surface area contributed by atoms with Crippen molar-refractivity contribution in [3.8, 4) is 11.3 Å². The Labute approximate surface area is 204 Å². The van der Waals surface area contributed by atoms with E-state index in [0.29, 0.717) is 22.8 Å². The molecule has 0 saturated carbocycles. The number of pyridine rings is 1. The molecule has 11 heteroatoms. The first kappa shape index (κ1) is 23.6. The van der Waals surface area contributed by atoms with E-state index in [1.54, 1.807) is 16.7 Å². The number of morpholine rings is 1. The largest absolute Gasteiger partial charge is 0.453 e. The number of carbonyl (C=O) groups is 3. The lowest BCUT2D eigenvalue weighted by molar-refractivity contribution is -0.119. The van der Waals surface area contributed by atoms with Gasteiger partial charge in [-0.3, -0.25) is 9.59 Å². The number of methoxy groups -OCH3 is 1. The Morgan fingerprint density at radius 2 is 1.86 bits per heavy atom. The molecule has 186 valence electrons. The second-order valence-electron chi connectivity index (χ2n) is 8.58. The molecule has 1 unspecified atom stereocenters. The number of carbonyl (C=O) groups excluding carboxylic acids is 3. The van der Waals surface area contributed by atoms with E-state index in [1.165, 1.54) is 12.0 Å². The molecule has 3 aromatic rings. The zero-order valence-electron chi connectivity index (χ0n) is 19.5. The molecule has 4 heterocycles. The van der Waals surface area contributed by atoms with Crippen LogP contribution in [0.5, 0.6) is 0 Å². The molecule has 1 aromatic carbocycles. The number of amides is 3. The van der Waals surface area contributed by atoms with Crippen LogP contribution in [-0.4, -0.2) is 65.1 Å². The third-order valence-electron chi connectivity index (χ3n) is 6.20. The van der Waals surface area contributed by atoms with Crippen molar-refractivity contribution >= 4 is 29.2 Å². The van der Waals surface area contributed by atoms with Gasteiger partial charge >= 0.3 is 6.09 Å². The van der Waals surface area contributed by atoms with Crippen molar-refractivity contribution in [3.05, 3.63) is 65.5 Å². The first-order valence-corrected chi connectivity index (χ1v) is 11.2. The maximum Gasteiger partial charge on any atom is 0.409 e. The third-order valence-corrected chi connectivity index (χ3v) is 6.20. The fourth-order valence-corrected chi connectivity index (χ4v) is 4.52. The summed E-state index contributed by atoms with van der Waals surface area (Å²) in [6.45, 7) is 2.77. The highest BCUT2D eigenvalue weighted by molar-refractivity contribution is 6.28. The molecule has 9 nitrogen and oxygen atoms in total. The number of hydrogen-bond donors (Lipinski definition) is 0. The molecule has 2 aliphatic heterocycles. The topological polar surface area (TPSA) is 93.5 Å². The summed E-state index contributed by atoms with van der Waals surface area (Å²) < 4.78 is 43.2. The van der Waals surface area contributed by atoms with Gasteiger partial charge in [-0.15, -0.1) is 0 Å². The van der Waals surface area contributed by atoms with E-state index in [1.807, 2.05) is 13.0 Å². The van der Waals surface area contributed by atoms with E-state index < -0.39 is 35.6 Å². The number of imide groups is 1. The molecule has 0 spiro atoms. The second kappa shape index (κ2) is 9.15. The van der Waals surface area contributed by atoms with Crippen molar-refractivity contribution in [2.24, 2.45) is 0 Å². The molecular formula is C25H22F2N4O5. The fourth-order valence-electron chi connectivity index (χ4n) is 4.52. The Hall–Kier alpha value is -4.12. The Kier molecular flexibility index (Phi) is 6.00. The summed E-state index contributed by atoms with van der Waals surface area (Å²) in [5.74, 6) is -3.31. The van der Waals surface area contributed by atoms with E-state index in [2.05, 4.69) is 4.98 Å². The normalized spacial score (nSPS) is 17.9. The van der Waals surface area contributed by atoms with Crippen LogP contribution < -0.4 is 4.90 Å². The number of imidazole rings is 1. The van der Waals surface area contributed by atoms with Gasteiger partial charge in [-0.1, -0.05) is 0 Å². The first-order valence-electron chi connectivity index (χ1n) is 11.2. The summed E-state index contributed by atoms with van der Waals surface area (Å²) in [5, 5.41) is 0. The molecule has 1 fully saturated rings. The van der Waals surface area contributed by atoms with E-state index in [-0.39, 0.29) is 36.5 Å². The van der Waals surface area contributed by atoms with Crippen molar-refractivity contribution in [2.45, 2.75) is 19.4 Å². The van der Waals surface area contributed by atoms with Crippen LogP contribution in [0.25, 0.3) is 16.9 Å². The number of fused-ring (bicyclic) bond motifs is 1. The zero-order valence-corrected chi connectivity index (χ0v) is 19.5. The number of aromatic nitrogens is 2. The highest BCUT2D eigenvalue weighted by Crippen LogP contribution is 2.34. The average Bonchev–Trinajstić information content (AvgIpc) is 3.36. The summed E-state index contributed by atoms with van der Waals surface area (Å²) in [4.78, 5) is 42.7. The third kappa shape index (κ3) is 4.11. The highest BCUT2D eigenvalue weighted by Gasteiger charge is 2.31. The molecule has 0 aliphatic carbocycles. The van der Waals surface area contributed by atoms with Gasteiger partial charge in [-0.05, 0) is 36.8 Å². The van der Waals surface area contributed by atoms with Gasteiger partial charge in [0.05, 0.1) is 49.0 Å². The monoisotopic (exact) mass is 496 g/mol. The van der Waals surface area contributed by atoms with E-state index in [9.17, 15) is 14.4 Å². The number of ether oxygens (including phenoxy) is 2. The number of halogens is 2. The summed E-state index contributed by atoms with van der Waals surface area (Å²) in [6.07, 6.45) is 3.10. The van der Waals surface area contributed by atoms with Crippen molar-refractivity contribution in [2.75, 3.05) is 31.7 Å². The minimum Gasteiger partial charge on any atom is -0.453 e. The van der Waals surface area contributed by atoms with Gasteiger partial charge in [0.1, 0.15) is 17.3 Å². The standard InChI is InChI=1S/C25H22F2N4O5/c1-14-5-6-30-19(12-16-13-29(7-8-36-16)25(34)35-2)24(28-20(30)9-14)23-17(26)10-15(11-18(23)27)31-21(32)3-4-22(31)33/h3-6,9-11,16H,7-8,12-13H2,1-2H3. The van der Waals surface area contributed by atoms with Gasteiger partial charge in [0.2, 0.25) is 0 Å². The number of benzene rings is 1. The molecule has 36 heavy (non-hydrogen) atoms. The second-order valence-corrected chi connectivity index (χ2v) is 8.58. The van der Waals surface area contributed by atoms with Crippen molar-refractivity contribution in [1.29, 1.82) is 0 Å². The number of hydrogen-bond acceptors (Lipinski definition) is 6. The lowest BCUT2D eigenvalue weighted by Crippen LogP contribution is -2.46. The van der Waals surface area contributed by atoms with Gasteiger partial charge in [0, 0.05) is 31.3 Å². The lowest BCUT2D eigenvalue weighted by Gasteiger charge is -2.32. The van der Waals surface area contributed by atoms with Crippen molar-refractivity contribution in [3.63, 3.8) is 0 Å². The zero-order chi connectivity index (χ0) is 25.6. The van der Waals surface area contributed by atoms with Crippen molar-refractivity contribution in [1.82, 2.24) is 14.3 Å². The molecular weight excluding hydrogens is 474 g/mol. The van der Waals surface area contributed by atoms with Crippen LogP contribution >= 0.6 is 0 Å². The maximum absolute atomic E-state index is 15.4. The summed E-state index contributed by atoms with van der Waals surface area (Å²) in [7, 11) is 1.30. The van der Waals surface area contributed by atoms with E-state index in [0.717, 1.165) is 29.8 Å². The van der Waals surface area contributed by atoms with Crippen LogP contribution in [0.3, 0.4) is 0 Å². The Morgan fingerprint density at radius 3 is 2.53 bits per heavy atom. The number of aryl methyl sites for hydroxylation is 1. The van der Waals surface area contributed by atoms with Crippen LogP contribution in [0.1, 0.15) is 11.3 Å². The van der Waals surface area contributed by atoms with Crippen LogP contribution in [0, 0.1) is 18.6 Å². The molecule has 3 amide bonds. The number of anilines is 1. The van der Waals surface area contributed by atoms with Gasteiger partial charge in [-0.25, -0.2) is 23.5 Å². The Bertz CT molecular complexity index is 1390. The van der Waals surface area contributed by atoms with E-state index >= 15 is 8.78 Å². The Balaban J connectivity index is 1.57. The smallest absolute Gasteiger partial charge is 0.409 e. The Morgan fingerprint density at radius 1 is 1.17 bits per heavy atom. The molecule has 2 aromatic heterocycles. The fraction of sp³-hybridized carbons (Fsp3) is 0.280. The van der Waals surface area contributed by atoms with Crippen molar-refractivity contribution < 1.29 is 32.6 Å². The van der Waals surface area contributed by atoms with E-state index in [4.69, 9.17) is 9.47 Å². The minimum absolute atomic E-state index is 0.0677. The predicted molar refractivity (Wildman–Crippen MR) is 124 cm³/mol. The quantitative estimate of drug-likeness (QED) is 0.516. The summed E-state index contributed by atoms with van der Waals surface area (Å²) >= 11 is 0. The molecule has 0 N–H and O–H groups in total. The molecule has 1 atom stereocenters. The van der Waals surface area contributed by atoms with Crippen LogP contribution in [0.4, 0.5) is 19.3 Å². The lowest BCUT2D eigenvalue weighted by atomic mass is 10.0. The maximum atomic E-state index is 15.4. The summed E-state index contributed by atoms with van der Waals surface area (Å²) in [5.41, 5.74) is 1.35. The molecule has 2 aliphatic rings. The number of rotatable bonds is 4. The van der Waals surface area contributed by atoms with Crippen LogP contribution in [0.15, 0.2) is 42.6 Å². The van der Waals surface area contributed by atoms with Gasteiger partial charge < -0.3 is 18.8 Å². The van der Waals surface area contributed by atoms with Gasteiger partial charge in [-0.2, -0.15) is 0 Å². The SMILES string of the molecule is COC(=O)N1CCOC(Cc2c(-c3c(F)cc(N4C(=O)C=CC4=O)cc3F)nc3cc(C)ccn23)C1. The molecule has 1 saturated heterocycles. The molecule has 0 radical (unpaired) electrons. The average molecular weight is 496 g/mol. The predicted octanol–water partition coefficient (Wildman–Crippen LogP) is 3.03. The molecule has 5 rings (SSSR count). The first-order chi connectivity index (χ1) is 17.3.